The van der Waals surface area contributed by atoms with Gasteiger partial charge in [0.1, 0.15) is 4.90 Å². The van der Waals surface area contributed by atoms with Gasteiger partial charge in [0.25, 0.3) is 15.6 Å². The molecule has 1 aromatic carbocycles. The number of hydrogen-bond acceptors (Lipinski definition) is 4. The quantitative estimate of drug-likeness (QED) is 0.838. The van der Waals surface area contributed by atoms with Crippen LogP contribution >= 0.6 is 0 Å². The molecule has 112 valence electrons. The second kappa shape index (κ2) is 5.61. The number of aryl methyl sites for hydroxylation is 2. The van der Waals surface area contributed by atoms with E-state index in [1.807, 2.05) is 0 Å². The number of nitrogen functional groups attached to an aromatic ring is 1. The van der Waals surface area contributed by atoms with E-state index in [1.54, 1.807) is 26.0 Å². The number of anilines is 2. The summed E-state index contributed by atoms with van der Waals surface area (Å²) in [4.78, 5) is 11.6. The molecule has 0 saturated carbocycles. The lowest BCUT2D eigenvalue weighted by atomic mass is 10.2. The predicted molar refractivity (Wildman–Crippen MR) is 82.8 cm³/mol. The maximum absolute atomic E-state index is 12.4. The van der Waals surface area contributed by atoms with Crippen LogP contribution < -0.4 is 16.0 Å². The molecule has 0 unspecified atom stereocenters. The van der Waals surface area contributed by atoms with Crippen LogP contribution in [0.2, 0.25) is 0 Å². The first-order chi connectivity index (χ1) is 9.85. The van der Waals surface area contributed by atoms with Crippen molar-refractivity contribution in [3.05, 3.63) is 52.4 Å². The van der Waals surface area contributed by atoms with Gasteiger partial charge in [0.2, 0.25) is 0 Å². The topological polar surface area (TPSA) is 94.2 Å². The molecule has 0 aliphatic rings. The Labute approximate surface area is 123 Å². The summed E-state index contributed by atoms with van der Waals surface area (Å²) in [6.07, 6.45) is 1.47. The summed E-state index contributed by atoms with van der Waals surface area (Å²) in [5, 5.41) is 0. The van der Waals surface area contributed by atoms with E-state index in [1.165, 1.54) is 29.0 Å². The fraction of sp³-hybridized carbons (Fsp3) is 0.214. The molecule has 0 atom stereocenters. The van der Waals surface area contributed by atoms with Gasteiger partial charge < -0.3 is 10.3 Å². The summed E-state index contributed by atoms with van der Waals surface area (Å²) in [7, 11) is -3.80. The molecule has 1 aromatic heterocycles. The molecule has 21 heavy (non-hydrogen) atoms. The molecule has 0 saturated heterocycles. The smallest absolute Gasteiger partial charge is 0.264 e. The van der Waals surface area contributed by atoms with Gasteiger partial charge in [0, 0.05) is 18.8 Å². The van der Waals surface area contributed by atoms with Crippen molar-refractivity contribution in [2.45, 2.75) is 25.3 Å². The van der Waals surface area contributed by atoms with Gasteiger partial charge in [-0.05, 0) is 31.5 Å². The van der Waals surface area contributed by atoms with Crippen molar-refractivity contribution in [1.82, 2.24) is 4.57 Å². The summed E-state index contributed by atoms with van der Waals surface area (Å²) in [6.45, 7) is 3.94. The van der Waals surface area contributed by atoms with Gasteiger partial charge in [-0.3, -0.25) is 9.52 Å². The van der Waals surface area contributed by atoms with Crippen LogP contribution in [0.4, 0.5) is 11.4 Å². The minimum absolute atomic E-state index is 0.0549. The Kier molecular flexibility index (Phi) is 4.04. The van der Waals surface area contributed by atoms with E-state index in [4.69, 9.17) is 5.73 Å². The third-order valence-corrected chi connectivity index (χ3v) is 4.69. The van der Waals surface area contributed by atoms with E-state index in [0.717, 1.165) is 0 Å². The normalized spacial score (nSPS) is 11.3. The van der Waals surface area contributed by atoms with Crippen LogP contribution in [-0.4, -0.2) is 13.0 Å². The lowest BCUT2D eigenvalue weighted by Gasteiger charge is -2.13. The van der Waals surface area contributed by atoms with Crippen molar-refractivity contribution in [1.29, 1.82) is 0 Å². The van der Waals surface area contributed by atoms with Crippen LogP contribution in [0.25, 0.3) is 0 Å². The van der Waals surface area contributed by atoms with Gasteiger partial charge in [-0.15, -0.1) is 0 Å². The zero-order chi connectivity index (χ0) is 15.6. The molecule has 3 N–H and O–H groups in total. The van der Waals surface area contributed by atoms with Crippen molar-refractivity contribution >= 4 is 21.4 Å². The van der Waals surface area contributed by atoms with Gasteiger partial charge in [-0.2, -0.15) is 0 Å². The van der Waals surface area contributed by atoms with E-state index in [0.29, 0.717) is 17.8 Å². The van der Waals surface area contributed by atoms with Crippen LogP contribution in [0, 0.1) is 6.92 Å². The minimum Gasteiger partial charge on any atom is -0.398 e. The number of nitrogens with zero attached hydrogens (tertiary/aromatic N) is 1. The molecule has 0 amide bonds. The highest BCUT2D eigenvalue weighted by molar-refractivity contribution is 7.93. The van der Waals surface area contributed by atoms with Crippen molar-refractivity contribution < 1.29 is 8.42 Å². The van der Waals surface area contributed by atoms with Gasteiger partial charge in [-0.25, -0.2) is 8.42 Å². The monoisotopic (exact) mass is 307 g/mol. The first-order valence-corrected chi connectivity index (χ1v) is 7.92. The number of nitrogens with two attached hydrogens (primary N) is 1. The third-order valence-electron chi connectivity index (χ3n) is 3.09. The third kappa shape index (κ3) is 3.08. The Hall–Kier alpha value is -2.28. The molecule has 0 fully saturated rings. The van der Waals surface area contributed by atoms with Crippen LogP contribution in [0.1, 0.15) is 12.5 Å². The average molecular weight is 307 g/mol. The average Bonchev–Trinajstić information content (AvgIpc) is 2.40. The molecule has 2 rings (SSSR count). The van der Waals surface area contributed by atoms with Crippen LogP contribution in [0.3, 0.4) is 0 Å². The molecular weight excluding hydrogens is 290 g/mol. The van der Waals surface area contributed by atoms with E-state index < -0.39 is 10.0 Å². The highest BCUT2D eigenvalue weighted by Crippen LogP contribution is 2.24. The van der Waals surface area contributed by atoms with Gasteiger partial charge in [0.15, 0.2) is 0 Å². The van der Waals surface area contributed by atoms with Crippen molar-refractivity contribution in [2.24, 2.45) is 0 Å². The Morgan fingerprint density at radius 1 is 1.24 bits per heavy atom. The van der Waals surface area contributed by atoms with E-state index in [9.17, 15) is 13.2 Å². The van der Waals surface area contributed by atoms with Crippen molar-refractivity contribution in [3.63, 3.8) is 0 Å². The van der Waals surface area contributed by atoms with Crippen molar-refractivity contribution in [3.8, 4) is 0 Å². The first kappa shape index (κ1) is 15.1. The number of hydrogen-bond donors (Lipinski definition) is 2. The zero-order valence-corrected chi connectivity index (χ0v) is 12.6. The number of nitrogens with one attached hydrogen (secondary N) is 1. The molecule has 0 aliphatic heterocycles. The number of rotatable bonds is 4. The summed E-state index contributed by atoms with van der Waals surface area (Å²) >= 11 is 0. The predicted octanol–water partition coefficient (Wildman–Crippen LogP) is 1.56. The summed E-state index contributed by atoms with van der Waals surface area (Å²) in [6, 6.07) is 7.66. The SMILES string of the molecule is CCn1cc(NS(=O)(=O)c2c(C)cccc2N)ccc1=O. The maximum Gasteiger partial charge on any atom is 0.264 e. The highest BCUT2D eigenvalue weighted by Gasteiger charge is 2.20. The Morgan fingerprint density at radius 2 is 1.95 bits per heavy atom. The molecule has 0 spiro atoms. The Balaban J connectivity index is 2.45. The van der Waals surface area contributed by atoms with E-state index in [2.05, 4.69) is 4.72 Å². The van der Waals surface area contributed by atoms with Crippen LogP contribution in [-0.2, 0) is 16.6 Å². The second-order valence-electron chi connectivity index (χ2n) is 4.64. The molecule has 2 aromatic rings. The molecule has 0 radical (unpaired) electrons. The maximum atomic E-state index is 12.4. The van der Waals surface area contributed by atoms with Gasteiger partial charge in [0.05, 0.1) is 11.4 Å². The fourth-order valence-electron chi connectivity index (χ4n) is 2.09. The fourth-order valence-corrected chi connectivity index (χ4v) is 3.49. The second-order valence-corrected chi connectivity index (χ2v) is 6.26. The molecule has 6 nitrogen and oxygen atoms in total. The number of pyridine rings is 1. The lowest BCUT2D eigenvalue weighted by molar-refractivity contribution is 0.601. The minimum atomic E-state index is -3.80. The first-order valence-electron chi connectivity index (χ1n) is 6.43. The van der Waals surface area contributed by atoms with Gasteiger partial charge in [-0.1, -0.05) is 12.1 Å². The summed E-state index contributed by atoms with van der Waals surface area (Å²) in [5.41, 5.74) is 6.65. The zero-order valence-electron chi connectivity index (χ0n) is 11.8. The Morgan fingerprint density at radius 3 is 2.57 bits per heavy atom. The van der Waals surface area contributed by atoms with Crippen LogP contribution in [0.5, 0.6) is 0 Å². The summed E-state index contributed by atoms with van der Waals surface area (Å²) < 4.78 is 28.8. The van der Waals surface area contributed by atoms with E-state index in [-0.39, 0.29) is 16.1 Å². The van der Waals surface area contributed by atoms with Crippen LogP contribution in [0.15, 0.2) is 46.2 Å². The molecule has 7 heteroatoms. The number of sulfonamides is 1. The standard InChI is InChI=1S/C14H17N3O3S/c1-3-17-9-11(7-8-13(17)18)16-21(19,20)14-10(2)5-4-6-12(14)15/h4-9,16H,3,15H2,1-2H3. The number of benzene rings is 1. The summed E-state index contributed by atoms with van der Waals surface area (Å²) in [5.74, 6) is 0. The molecular formula is C14H17N3O3S. The van der Waals surface area contributed by atoms with E-state index >= 15 is 0 Å². The molecule has 1 heterocycles. The lowest BCUT2D eigenvalue weighted by Crippen LogP contribution is -2.21. The highest BCUT2D eigenvalue weighted by atomic mass is 32.2. The molecule has 0 bridgehead atoms. The number of aromatic nitrogens is 1. The van der Waals surface area contributed by atoms with Crippen molar-refractivity contribution in [2.75, 3.05) is 10.5 Å². The largest absolute Gasteiger partial charge is 0.398 e. The Bertz CT molecular complexity index is 805. The molecule has 0 aliphatic carbocycles. The van der Waals surface area contributed by atoms with Gasteiger partial charge >= 0.3 is 0 Å².